The number of nitrogens with two attached hydrogens (primary N) is 1. The number of rotatable bonds is 3. The fourth-order valence-electron chi connectivity index (χ4n) is 1.18. The first-order chi connectivity index (χ1) is 7.13. The molecule has 0 amide bonds. The van der Waals surface area contributed by atoms with Crippen LogP contribution in [0.4, 0.5) is 0 Å². The fourth-order valence-corrected chi connectivity index (χ4v) is 1.83. The second-order valence-electron chi connectivity index (χ2n) is 4.07. The van der Waals surface area contributed by atoms with Crippen LogP contribution in [0.5, 0.6) is 0 Å². The van der Waals surface area contributed by atoms with E-state index in [1.54, 1.807) is 11.3 Å². The number of H-pyrrole nitrogens is 1. The first-order valence-corrected chi connectivity index (χ1v) is 5.68. The van der Waals surface area contributed by atoms with Crippen molar-refractivity contribution in [2.24, 2.45) is 5.73 Å². The molecular formula is C10H14N4S. The average Bonchev–Trinajstić information content (AvgIpc) is 2.88. The van der Waals surface area contributed by atoms with Gasteiger partial charge in [-0.1, -0.05) is 19.9 Å². The molecule has 3 N–H and O–H groups in total. The van der Waals surface area contributed by atoms with Gasteiger partial charge in [0.1, 0.15) is 5.82 Å². The van der Waals surface area contributed by atoms with Crippen molar-refractivity contribution in [3.8, 4) is 10.7 Å². The summed E-state index contributed by atoms with van der Waals surface area (Å²) in [5.74, 6) is 1.59. The molecule has 4 nitrogen and oxygen atoms in total. The van der Waals surface area contributed by atoms with Gasteiger partial charge in [0.05, 0.1) is 4.88 Å². The van der Waals surface area contributed by atoms with Crippen LogP contribution in [0, 0.1) is 0 Å². The van der Waals surface area contributed by atoms with Crippen molar-refractivity contribution < 1.29 is 0 Å². The average molecular weight is 222 g/mol. The van der Waals surface area contributed by atoms with Crippen LogP contribution in [0.3, 0.4) is 0 Å². The molecule has 0 aliphatic carbocycles. The van der Waals surface area contributed by atoms with Crippen LogP contribution >= 0.6 is 11.3 Å². The minimum absolute atomic E-state index is 0.150. The van der Waals surface area contributed by atoms with Gasteiger partial charge in [-0.25, -0.2) is 4.98 Å². The van der Waals surface area contributed by atoms with Crippen molar-refractivity contribution in [3.05, 3.63) is 23.3 Å². The van der Waals surface area contributed by atoms with Crippen LogP contribution in [0.25, 0.3) is 10.7 Å². The van der Waals surface area contributed by atoms with E-state index in [0.717, 1.165) is 16.5 Å². The highest BCUT2D eigenvalue weighted by Gasteiger charge is 2.23. The van der Waals surface area contributed by atoms with Crippen molar-refractivity contribution in [1.82, 2.24) is 15.2 Å². The van der Waals surface area contributed by atoms with Crippen LogP contribution in [-0.4, -0.2) is 21.7 Å². The Morgan fingerprint density at radius 2 is 2.33 bits per heavy atom. The molecule has 0 bridgehead atoms. The summed E-state index contributed by atoms with van der Waals surface area (Å²) in [5, 5.41) is 9.16. The van der Waals surface area contributed by atoms with Gasteiger partial charge in [-0.05, 0) is 11.4 Å². The van der Waals surface area contributed by atoms with Gasteiger partial charge in [0, 0.05) is 12.0 Å². The minimum atomic E-state index is -0.150. The largest absolute Gasteiger partial charge is 0.329 e. The molecular weight excluding hydrogens is 208 g/mol. The quantitative estimate of drug-likeness (QED) is 0.831. The Labute approximate surface area is 92.5 Å². The Bertz CT molecular complexity index is 430. The maximum Gasteiger partial charge on any atom is 0.191 e. The van der Waals surface area contributed by atoms with Crippen LogP contribution in [0.2, 0.25) is 0 Å². The molecule has 0 radical (unpaired) electrons. The van der Waals surface area contributed by atoms with Crippen LogP contribution in [0.15, 0.2) is 17.5 Å². The maximum absolute atomic E-state index is 5.68. The molecule has 0 atom stereocenters. The molecule has 0 spiro atoms. The summed E-state index contributed by atoms with van der Waals surface area (Å²) >= 11 is 1.63. The molecule has 2 aromatic heterocycles. The zero-order chi connectivity index (χ0) is 10.9. The molecule has 0 saturated heterocycles. The smallest absolute Gasteiger partial charge is 0.191 e. The lowest BCUT2D eigenvalue weighted by atomic mass is 9.93. The number of nitrogens with one attached hydrogen (secondary N) is 1. The molecule has 0 fully saturated rings. The number of hydrogen-bond acceptors (Lipinski definition) is 4. The highest BCUT2D eigenvalue weighted by Crippen LogP contribution is 2.24. The third-order valence-electron chi connectivity index (χ3n) is 2.38. The monoisotopic (exact) mass is 222 g/mol. The van der Waals surface area contributed by atoms with Gasteiger partial charge in [0.15, 0.2) is 5.82 Å². The lowest BCUT2D eigenvalue weighted by Crippen LogP contribution is -2.29. The molecule has 0 saturated carbocycles. The predicted molar refractivity (Wildman–Crippen MR) is 61.8 cm³/mol. The van der Waals surface area contributed by atoms with E-state index in [-0.39, 0.29) is 5.41 Å². The van der Waals surface area contributed by atoms with Gasteiger partial charge in [-0.15, -0.1) is 11.3 Å². The molecule has 2 rings (SSSR count). The van der Waals surface area contributed by atoms with E-state index >= 15 is 0 Å². The van der Waals surface area contributed by atoms with Gasteiger partial charge in [0.2, 0.25) is 0 Å². The molecule has 0 aliphatic rings. The van der Waals surface area contributed by atoms with Crippen molar-refractivity contribution in [3.63, 3.8) is 0 Å². The first kappa shape index (κ1) is 10.3. The zero-order valence-corrected chi connectivity index (χ0v) is 9.64. The van der Waals surface area contributed by atoms with Crippen molar-refractivity contribution >= 4 is 11.3 Å². The maximum atomic E-state index is 5.68. The first-order valence-electron chi connectivity index (χ1n) is 4.80. The molecule has 0 unspecified atom stereocenters. The molecule has 80 valence electrons. The number of aromatic nitrogens is 3. The summed E-state index contributed by atoms with van der Waals surface area (Å²) in [6, 6.07) is 4.00. The van der Waals surface area contributed by atoms with Crippen molar-refractivity contribution in [2.45, 2.75) is 19.3 Å². The van der Waals surface area contributed by atoms with Gasteiger partial charge in [-0.2, -0.15) is 5.10 Å². The fraction of sp³-hybridized carbons (Fsp3) is 0.400. The molecule has 15 heavy (non-hydrogen) atoms. The molecule has 2 heterocycles. The molecule has 0 aromatic carbocycles. The van der Waals surface area contributed by atoms with Crippen molar-refractivity contribution in [2.75, 3.05) is 6.54 Å². The Balaban J connectivity index is 2.33. The number of thiophene rings is 1. The Morgan fingerprint density at radius 1 is 1.53 bits per heavy atom. The highest BCUT2D eigenvalue weighted by molar-refractivity contribution is 7.13. The van der Waals surface area contributed by atoms with E-state index in [4.69, 9.17) is 5.73 Å². The summed E-state index contributed by atoms with van der Waals surface area (Å²) < 4.78 is 0. The van der Waals surface area contributed by atoms with E-state index < -0.39 is 0 Å². The van der Waals surface area contributed by atoms with Gasteiger partial charge in [-0.3, -0.25) is 5.10 Å². The SMILES string of the molecule is CC(C)(CN)c1nc(-c2cccs2)n[nH]1. The lowest BCUT2D eigenvalue weighted by molar-refractivity contribution is 0.504. The Hall–Kier alpha value is -1.20. The third kappa shape index (κ3) is 1.93. The van der Waals surface area contributed by atoms with Crippen molar-refractivity contribution in [1.29, 1.82) is 0 Å². The zero-order valence-electron chi connectivity index (χ0n) is 8.82. The topological polar surface area (TPSA) is 67.6 Å². The predicted octanol–water partition coefficient (Wildman–Crippen LogP) is 1.77. The van der Waals surface area contributed by atoms with E-state index in [0.29, 0.717) is 6.54 Å². The molecule has 2 aromatic rings. The molecule has 5 heteroatoms. The van der Waals surface area contributed by atoms with E-state index in [9.17, 15) is 0 Å². The Kier molecular flexibility index (Phi) is 2.58. The minimum Gasteiger partial charge on any atom is -0.329 e. The summed E-state index contributed by atoms with van der Waals surface area (Å²) in [5.41, 5.74) is 5.53. The third-order valence-corrected chi connectivity index (χ3v) is 3.24. The molecule has 0 aliphatic heterocycles. The Morgan fingerprint density at radius 3 is 2.93 bits per heavy atom. The van der Waals surface area contributed by atoms with Crippen LogP contribution in [-0.2, 0) is 5.41 Å². The normalized spacial score (nSPS) is 11.9. The van der Waals surface area contributed by atoms with Crippen LogP contribution in [0.1, 0.15) is 19.7 Å². The van der Waals surface area contributed by atoms with Crippen LogP contribution < -0.4 is 5.73 Å². The van der Waals surface area contributed by atoms with Gasteiger partial charge >= 0.3 is 0 Å². The summed E-state index contributed by atoms with van der Waals surface area (Å²) in [7, 11) is 0. The van der Waals surface area contributed by atoms with Gasteiger partial charge < -0.3 is 5.73 Å². The number of hydrogen-bond donors (Lipinski definition) is 2. The lowest BCUT2D eigenvalue weighted by Gasteiger charge is -2.17. The summed E-state index contributed by atoms with van der Waals surface area (Å²) in [6.45, 7) is 4.64. The van der Waals surface area contributed by atoms with E-state index in [2.05, 4.69) is 15.2 Å². The van der Waals surface area contributed by atoms with Gasteiger partial charge in [0.25, 0.3) is 0 Å². The second-order valence-corrected chi connectivity index (χ2v) is 5.02. The highest BCUT2D eigenvalue weighted by atomic mass is 32.1. The van der Waals surface area contributed by atoms with E-state index in [1.165, 1.54) is 0 Å². The van der Waals surface area contributed by atoms with E-state index in [1.807, 2.05) is 31.4 Å². The standard InChI is InChI=1S/C10H14N4S/c1-10(2,6-11)9-12-8(13-14-9)7-4-3-5-15-7/h3-5H,6,11H2,1-2H3,(H,12,13,14). The number of nitrogens with zero attached hydrogens (tertiary/aromatic N) is 2. The number of aromatic amines is 1. The second kappa shape index (κ2) is 3.75. The summed E-state index contributed by atoms with van der Waals surface area (Å²) in [4.78, 5) is 5.53. The summed E-state index contributed by atoms with van der Waals surface area (Å²) in [6.07, 6.45) is 0.